The number of ether oxygens (including phenoxy) is 2. The molecule has 1 unspecified atom stereocenters. The highest BCUT2D eigenvalue weighted by Gasteiger charge is 2.14. The summed E-state index contributed by atoms with van der Waals surface area (Å²) in [5, 5.41) is 3.23. The molecule has 5 heteroatoms. The summed E-state index contributed by atoms with van der Waals surface area (Å²) in [6.45, 7) is 6.24. The van der Waals surface area contributed by atoms with Crippen molar-refractivity contribution in [2.75, 3.05) is 25.1 Å². The Morgan fingerprint density at radius 3 is 3.11 bits per heavy atom. The van der Waals surface area contributed by atoms with Crippen LogP contribution in [-0.4, -0.2) is 35.8 Å². The maximum atomic E-state index is 5.57. The number of aromatic nitrogens is 2. The minimum Gasteiger partial charge on any atom is -0.478 e. The minimum atomic E-state index is 0.397. The van der Waals surface area contributed by atoms with E-state index in [9.17, 15) is 0 Å². The van der Waals surface area contributed by atoms with Gasteiger partial charge < -0.3 is 14.8 Å². The zero-order valence-corrected chi connectivity index (χ0v) is 11.1. The first-order valence-electron chi connectivity index (χ1n) is 6.62. The molecule has 1 atom stereocenters. The molecule has 1 aliphatic heterocycles. The van der Waals surface area contributed by atoms with Gasteiger partial charge in [0.1, 0.15) is 0 Å². The largest absolute Gasteiger partial charge is 0.478 e. The van der Waals surface area contributed by atoms with Crippen molar-refractivity contribution in [2.24, 2.45) is 0 Å². The van der Waals surface area contributed by atoms with Crippen LogP contribution in [-0.2, 0) is 4.74 Å². The number of hydrogen-bond donors (Lipinski definition) is 1. The van der Waals surface area contributed by atoms with E-state index in [0.717, 1.165) is 25.3 Å². The normalized spacial score (nSPS) is 18.9. The Hall–Kier alpha value is -1.36. The van der Waals surface area contributed by atoms with Gasteiger partial charge in [0.15, 0.2) is 0 Å². The number of hydrogen-bond acceptors (Lipinski definition) is 5. The van der Waals surface area contributed by atoms with Gasteiger partial charge in [-0.3, -0.25) is 0 Å². The van der Waals surface area contributed by atoms with Gasteiger partial charge in [-0.25, -0.2) is 4.98 Å². The van der Waals surface area contributed by atoms with Crippen molar-refractivity contribution < 1.29 is 9.47 Å². The van der Waals surface area contributed by atoms with Crippen molar-refractivity contribution in [2.45, 2.75) is 39.2 Å². The quantitative estimate of drug-likeness (QED) is 0.839. The summed E-state index contributed by atoms with van der Waals surface area (Å²) < 4.78 is 11.0. The molecule has 2 heterocycles. The summed E-state index contributed by atoms with van der Waals surface area (Å²) in [6, 6.07) is 1.84. The summed E-state index contributed by atoms with van der Waals surface area (Å²) in [5.74, 6) is 1.26. The summed E-state index contributed by atoms with van der Waals surface area (Å²) in [7, 11) is 0. The second kappa shape index (κ2) is 6.54. The smallest absolute Gasteiger partial charge is 0.226 e. The van der Waals surface area contributed by atoms with Crippen LogP contribution < -0.4 is 10.1 Å². The van der Waals surface area contributed by atoms with Gasteiger partial charge >= 0.3 is 0 Å². The highest BCUT2D eigenvalue weighted by molar-refractivity contribution is 5.30. The SMILES string of the molecule is CCOc1cc(C)nc(NCCC2CCCO2)n1. The molecule has 100 valence electrons. The molecule has 0 aromatic carbocycles. The Bertz CT molecular complexity index is 378. The Labute approximate surface area is 108 Å². The van der Waals surface area contributed by atoms with Crippen molar-refractivity contribution in [1.29, 1.82) is 0 Å². The van der Waals surface area contributed by atoms with Crippen LogP contribution in [0.5, 0.6) is 5.88 Å². The van der Waals surface area contributed by atoms with Crippen molar-refractivity contribution >= 4 is 5.95 Å². The molecule has 0 bridgehead atoms. The molecule has 1 aromatic rings. The fourth-order valence-corrected chi connectivity index (χ4v) is 2.06. The molecule has 1 aliphatic rings. The monoisotopic (exact) mass is 251 g/mol. The van der Waals surface area contributed by atoms with Gasteiger partial charge in [0.05, 0.1) is 12.7 Å². The van der Waals surface area contributed by atoms with E-state index < -0.39 is 0 Å². The maximum Gasteiger partial charge on any atom is 0.226 e. The molecule has 0 amide bonds. The number of rotatable bonds is 6. The molecule has 1 fully saturated rings. The number of aryl methyl sites for hydroxylation is 1. The molecule has 18 heavy (non-hydrogen) atoms. The molecular weight excluding hydrogens is 230 g/mol. The van der Waals surface area contributed by atoms with Crippen LogP contribution in [0.25, 0.3) is 0 Å². The van der Waals surface area contributed by atoms with Crippen LogP contribution in [0.4, 0.5) is 5.95 Å². The summed E-state index contributed by atoms with van der Waals surface area (Å²) in [5.41, 5.74) is 0.910. The third-order valence-electron chi connectivity index (χ3n) is 2.90. The summed E-state index contributed by atoms with van der Waals surface area (Å²) in [4.78, 5) is 8.64. The first kappa shape index (κ1) is 13.1. The maximum absolute atomic E-state index is 5.57. The third kappa shape index (κ3) is 3.84. The lowest BCUT2D eigenvalue weighted by Crippen LogP contribution is -2.14. The van der Waals surface area contributed by atoms with Gasteiger partial charge in [0.25, 0.3) is 0 Å². The Kier molecular flexibility index (Phi) is 4.75. The second-order valence-corrected chi connectivity index (χ2v) is 4.45. The molecule has 0 aliphatic carbocycles. The van der Waals surface area contributed by atoms with Crippen LogP contribution in [0.1, 0.15) is 31.9 Å². The van der Waals surface area contributed by atoms with E-state index in [4.69, 9.17) is 9.47 Å². The van der Waals surface area contributed by atoms with Gasteiger partial charge in [-0.2, -0.15) is 4.98 Å². The van der Waals surface area contributed by atoms with Crippen molar-refractivity contribution in [3.8, 4) is 5.88 Å². The van der Waals surface area contributed by atoms with Crippen molar-refractivity contribution in [3.05, 3.63) is 11.8 Å². The first-order chi connectivity index (χ1) is 8.78. The summed E-state index contributed by atoms with van der Waals surface area (Å²) >= 11 is 0. The molecule has 1 saturated heterocycles. The number of nitrogens with zero attached hydrogens (tertiary/aromatic N) is 2. The van der Waals surface area contributed by atoms with Gasteiger partial charge in [0.2, 0.25) is 11.8 Å². The Balaban J connectivity index is 1.83. The average molecular weight is 251 g/mol. The zero-order chi connectivity index (χ0) is 12.8. The molecule has 0 saturated carbocycles. The lowest BCUT2D eigenvalue weighted by molar-refractivity contribution is 0.107. The highest BCUT2D eigenvalue weighted by atomic mass is 16.5. The van der Waals surface area contributed by atoms with E-state index in [2.05, 4.69) is 15.3 Å². The molecule has 0 spiro atoms. The molecular formula is C13H21N3O2. The second-order valence-electron chi connectivity index (χ2n) is 4.45. The van der Waals surface area contributed by atoms with Crippen molar-refractivity contribution in [1.82, 2.24) is 9.97 Å². The lowest BCUT2D eigenvalue weighted by atomic mass is 10.2. The van der Waals surface area contributed by atoms with Gasteiger partial charge in [-0.1, -0.05) is 0 Å². The predicted molar refractivity (Wildman–Crippen MR) is 70.0 cm³/mol. The topological polar surface area (TPSA) is 56.3 Å². The van der Waals surface area contributed by atoms with E-state index in [1.807, 2.05) is 19.9 Å². The van der Waals surface area contributed by atoms with E-state index in [0.29, 0.717) is 24.5 Å². The van der Waals surface area contributed by atoms with Crippen LogP contribution in [0.3, 0.4) is 0 Å². The summed E-state index contributed by atoms with van der Waals surface area (Å²) in [6.07, 6.45) is 3.75. The lowest BCUT2D eigenvalue weighted by Gasteiger charge is -2.11. The molecule has 5 nitrogen and oxygen atoms in total. The molecule has 0 radical (unpaired) electrons. The van der Waals surface area contributed by atoms with E-state index in [-0.39, 0.29) is 0 Å². The predicted octanol–water partition coefficient (Wildman–Crippen LogP) is 2.16. The van der Waals surface area contributed by atoms with E-state index in [1.54, 1.807) is 0 Å². The van der Waals surface area contributed by atoms with Gasteiger partial charge in [0, 0.05) is 24.9 Å². The third-order valence-corrected chi connectivity index (χ3v) is 2.90. The van der Waals surface area contributed by atoms with Crippen LogP contribution >= 0.6 is 0 Å². The van der Waals surface area contributed by atoms with E-state index in [1.165, 1.54) is 12.8 Å². The first-order valence-corrected chi connectivity index (χ1v) is 6.62. The Morgan fingerprint density at radius 2 is 2.39 bits per heavy atom. The van der Waals surface area contributed by atoms with Crippen molar-refractivity contribution in [3.63, 3.8) is 0 Å². The van der Waals surface area contributed by atoms with E-state index >= 15 is 0 Å². The fourth-order valence-electron chi connectivity index (χ4n) is 2.06. The molecule has 2 rings (SSSR count). The van der Waals surface area contributed by atoms with Crippen LogP contribution in [0, 0.1) is 6.92 Å². The average Bonchev–Trinajstić information content (AvgIpc) is 2.82. The van der Waals surface area contributed by atoms with Gasteiger partial charge in [-0.15, -0.1) is 0 Å². The fraction of sp³-hybridized carbons (Fsp3) is 0.692. The highest BCUT2D eigenvalue weighted by Crippen LogP contribution is 2.16. The zero-order valence-electron chi connectivity index (χ0n) is 11.1. The Morgan fingerprint density at radius 1 is 1.50 bits per heavy atom. The van der Waals surface area contributed by atoms with Crippen LogP contribution in [0.2, 0.25) is 0 Å². The molecule has 1 N–H and O–H groups in total. The standard InChI is InChI=1S/C13H21N3O2/c1-3-17-12-9-10(2)15-13(16-12)14-7-6-11-5-4-8-18-11/h9,11H,3-8H2,1-2H3,(H,14,15,16). The van der Waals surface area contributed by atoms with Gasteiger partial charge in [-0.05, 0) is 33.1 Å². The van der Waals surface area contributed by atoms with Crippen LogP contribution in [0.15, 0.2) is 6.07 Å². The number of nitrogens with one attached hydrogen (secondary N) is 1. The minimum absolute atomic E-state index is 0.397. The molecule has 1 aromatic heterocycles. The number of anilines is 1.